The summed E-state index contributed by atoms with van der Waals surface area (Å²) in [5.41, 5.74) is 4.99. The summed E-state index contributed by atoms with van der Waals surface area (Å²) in [6.07, 6.45) is 10.3. The number of para-hydroxylation sites is 2. The Kier molecular flexibility index (Phi) is 9.70. The van der Waals surface area contributed by atoms with Crippen LogP contribution in [0.2, 0.25) is 0 Å². The maximum absolute atomic E-state index is 6.50. The standard InChI is InChI=1S/C48H25N9O2.2Pt/c1-3-10-40-34(8-1)36-16-12-30(26-42(36)55(40)46-49-20-5-21-50-46)58-32-14-18-38-39-19-15-33(29-45(39)57(44(38)28-32)48-53-24-7-25-54-48)59-31-13-17-37-35-9-2-4-11-41(35)56(43(37)27-31)47-51-22-6-23-52-47;;/h1-25H;;/q-4;2*+2. The van der Waals surface area contributed by atoms with E-state index in [1.807, 2.05) is 86.5 Å². The Morgan fingerprint density at radius 2 is 0.607 bits per heavy atom. The zero-order valence-corrected chi connectivity index (χ0v) is 36.0. The molecule has 0 fully saturated rings. The number of hydrogen-bond donors (Lipinski definition) is 0. The Morgan fingerprint density at radius 3 is 0.967 bits per heavy atom. The number of hydrogen-bond acceptors (Lipinski definition) is 8. The van der Waals surface area contributed by atoms with E-state index < -0.39 is 0 Å². The van der Waals surface area contributed by atoms with Crippen molar-refractivity contribution in [2.75, 3.05) is 0 Å². The molecule has 0 atom stereocenters. The average Bonchev–Trinajstić information content (AvgIpc) is 3.92. The van der Waals surface area contributed by atoms with Crippen LogP contribution in [0.1, 0.15) is 0 Å². The number of fused-ring (bicyclic) bond motifs is 9. The number of ether oxygens (including phenoxy) is 2. The third-order valence-corrected chi connectivity index (χ3v) is 10.3. The van der Waals surface area contributed by atoms with Crippen LogP contribution in [0.3, 0.4) is 0 Å². The van der Waals surface area contributed by atoms with Crippen LogP contribution in [-0.2, 0) is 42.1 Å². The number of benzene rings is 6. The number of aromatic nitrogens is 9. The molecule has 0 unspecified atom stereocenters. The minimum absolute atomic E-state index is 0. The van der Waals surface area contributed by atoms with E-state index in [9.17, 15) is 0 Å². The molecule has 6 aromatic heterocycles. The molecule has 0 aliphatic carbocycles. The molecule has 0 saturated heterocycles. The van der Waals surface area contributed by atoms with Crippen molar-refractivity contribution in [3.05, 3.63) is 177 Å². The van der Waals surface area contributed by atoms with Crippen molar-refractivity contribution in [2.45, 2.75) is 0 Å². The number of rotatable bonds is 7. The fraction of sp³-hybridized carbons (Fsp3) is 0. The van der Waals surface area contributed by atoms with Gasteiger partial charge in [0.05, 0.1) is 0 Å². The zero-order valence-electron chi connectivity index (χ0n) is 31.4. The van der Waals surface area contributed by atoms with Gasteiger partial charge in [0, 0.05) is 71.2 Å². The Bertz CT molecular complexity index is 3360. The molecule has 61 heavy (non-hydrogen) atoms. The van der Waals surface area contributed by atoms with Gasteiger partial charge in [-0.05, 0) is 41.1 Å². The Balaban J connectivity index is 0.00000223. The first-order valence-electron chi connectivity index (χ1n) is 18.8. The zero-order chi connectivity index (χ0) is 38.9. The smallest absolute Gasteiger partial charge is 0.509 e. The van der Waals surface area contributed by atoms with E-state index in [2.05, 4.69) is 78.4 Å². The van der Waals surface area contributed by atoms with E-state index in [1.165, 1.54) is 0 Å². The van der Waals surface area contributed by atoms with Crippen LogP contribution in [0, 0.1) is 24.3 Å². The molecule has 0 spiro atoms. The molecule has 0 bridgehead atoms. The first-order chi connectivity index (χ1) is 29.2. The third kappa shape index (κ3) is 6.36. The van der Waals surface area contributed by atoms with Crippen molar-refractivity contribution in [3.8, 4) is 40.8 Å². The molecule has 0 saturated carbocycles. The summed E-state index contributed by atoms with van der Waals surface area (Å²) in [5.74, 6) is 3.56. The largest absolute Gasteiger partial charge is 2.00 e. The minimum Gasteiger partial charge on any atom is -0.509 e. The molecule has 13 heteroatoms. The van der Waals surface area contributed by atoms with Crippen LogP contribution >= 0.6 is 0 Å². The van der Waals surface area contributed by atoms with Gasteiger partial charge in [0.1, 0.15) is 0 Å². The molecular weight excluding hydrogens is 1120 g/mol. The Labute approximate surface area is 375 Å². The maximum atomic E-state index is 6.50. The molecule has 0 aliphatic heterocycles. The van der Waals surface area contributed by atoms with E-state index >= 15 is 0 Å². The molecule has 12 rings (SSSR count). The van der Waals surface area contributed by atoms with Gasteiger partial charge in [-0.3, -0.25) is 0 Å². The monoisotopic (exact) mass is 1150 g/mol. The second kappa shape index (κ2) is 15.5. The Hall–Kier alpha value is -7.06. The van der Waals surface area contributed by atoms with E-state index in [0.29, 0.717) is 51.9 Å². The van der Waals surface area contributed by atoms with E-state index in [4.69, 9.17) is 9.47 Å². The van der Waals surface area contributed by atoms with E-state index in [0.717, 1.165) is 54.4 Å². The average molecular weight is 1150 g/mol. The molecule has 0 N–H and O–H groups in total. The SMILES string of the molecule is [Pt+2].[Pt+2].[c-]1c(Oc2[c-]c3c(cc2)c2ccccc2n3-c2ncccn2)ccc2c3ccc(Oc4[c-]c5c(cc4)c4ccccc4n5-c4ncccn4)[c-]c3n(-c3ncccn3)c12. The summed E-state index contributed by atoms with van der Waals surface area (Å²) in [6, 6.07) is 51.4. The molecule has 6 aromatic carbocycles. The van der Waals surface area contributed by atoms with Gasteiger partial charge in [-0.1, -0.05) is 58.5 Å². The molecular formula is C48H25N9O2Pt2. The van der Waals surface area contributed by atoms with Gasteiger partial charge in [-0.2, -0.15) is 35.0 Å². The molecule has 12 aromatic rings. The summed E-state index contributed by atoms with van der Waals surface area (Å²) in [4.78, 5) is 27.4. The summed E-state index contributed by atoms with van der Waals surface area (Å²) in [5, 5.41) is 6.01. The normalized spacial score (nSPS) is 11.3. The van der Waals surface area contributed by atoms with E-state index in [-0.39, 0.29) is 42.1 Å². The van der Waals surface area contributed by atoms with Gasteiger partial charge in [-0.25, -0.2) is 29.9 Å². The predicted octanol–water partition coefficient (Wildman–Crippen LogP) is 10.1. The van der Waals surface area contributed by atoms with Gasteiger partial charge in [0.15, 0.2) is 0 Å². The van der Waals surface area contributed by atoms with Crippen molar-refractivity contribution in [1.82, 2.24) is 43.6 Å². The van der Waals surface area contributed by atoms with E-state index in [1.54, 1.807) is 55.4 Å². The van der Waals surface area contributed by atoms with Crippen LogP contribution in [-0.4, -0.2) is 43.6 Å². The van der Waals surface area contributed by atoms with Gasteiger partial charge in [-0.15, -0.1) is 59.3 Å². The van der Waals surface area contributed by atoms with Crippen LogP contribution in [0.15, 0.2) is 152 Å². The van der Waals surface area contributed by atoms with Gasteiger partial charge < -0.3 is 23.2 Å². The van der Waals surface area contributed by atoms with Crippen molar-refractivity contribution >= 4 is 65.4 Å². The minimum atomic E-state index is 0. The topological polar surface area (TPSA) is 111 Å². The summed E-state index contributed by atoms with van der Waals surface area (Å²) >= 11 is 0. The fourth-order valence-electron chi connectivity index (χ4n) is 7.89. The summed E-state index contributed by atoms with van der Waals surface area (Å²) < 4.78 is 18.9. The summed E-state index contributed by atoms with van der Waals surface area (Å²) in [6.45, 7) is 0. The first-order valence-corrected chi connectivity index (χ1v) is 18.8. The summed E-state index contributed by atoms with van der Waals surface area (Å²) in [7, 11) is 0. The molecule has 0 aliphatic rings. The number of nitrogens with zero attached hydrogens (tertiary/aromatic N) is 9. The van der Waals surface area contributed by atoms with Crippen molar-refractivity contribution in [2.24, 2.45) is 0 Å². The third-order valence-electron chi connectivity index (χ3n) is 10.3. The van der Waals surface area contributed by atoms with Crippen LogP contribution < -0.4 is 9.47 Å². The quantitative estimate of drug-likeness (QED) is 0.145. The predicted molar refractivity (Wildman–Crippen MR) is 225 cm³/mol. The van der Waals surface area contributed by atoms with Crippen molar-refractivity contribution < 1.29 is 51.6 Å². The van der Waals surface area contributed by atoms with Gasteiger partial charge >= 0.3 is 42.1 Å². The van der Waals surface area contributed by atoms with Gasteiger partial charge in [0.2, 0.25) is 17.8 Å². The second-order valence-electron chi connectivity index (χ2n) is 13.7. The van der Waals surface area contributed by atoms with Crippen molar-refractivity contribution in [3.63, 3.8) is 0 Å². The molecule has 11 nitrogen and oxygen atoms in total. The molecule has 0 amide bonds. The maximum Gasteiger partial charge on any atom is 2.00 e. The van der Waals surface area contributed by atoms with Crippen molar-refractivity contribution in [1.29, 1.82) is 0 Å². The fourth-order valence-corrected chi connectivity index (χ4v) is 7.89. The molecule has 6 heterocycles. The second-order valence-corrected chi connectivity index (χ2v) is 13.7. The molecule has 0 radical (unpaired) electrons. The van der Waals surface area contributed by atoms with Crippen LogP contribution in [0.4, 0.5) is 0 Å². The van der Waals surface area contributed by atoms with Gasteiger partial charge in [0.25, 0.3) is 0 Å². The Morgan fingerprint density at radius 1 is 0.311 bits per heavy atom. The first kappa shape index (κ1) is 38.2. The van der Waals surface area contributed by atoms with Crippen LogP contribution in [0.25, 0.3) is 83.3 Å². The molecule has 294 valence electrons. The van der Waals surface area contributed by atoms with Crippen LogP contribution in [0.5, 0.6) is 23.0 Å².